The van der Waals surface area contributed by atoms with Gasteiger partial charge in [-0.2, -0.15) is 11.3 Å². The van der Waals surface area contributed by atoms with Crippen LogP contribution in [0, 0.1) is 12.8 Å². The summed E-state index contributed by atoms with van der Waals surface area (Å²) in [5, 5.41) is 8.29. The summed E-state index contributed by atoms with van der Waals surface area (Å²) < 4.78 is 0. The van der Waals surface area contributed by atoms with Crippen LogP contribution in [0.2, 0.25) is 0 Å². The topological polar surface area (TPSA) is 12.0 Å². The summed E-state index contributed by atoms with van der Waals surface area (Å²) in [5.74, 6) is 0.999. The zero-order chi connectivity index (χ0) is 12.8. The van der Waals surface area contributed by atoms with E-state index in [2.05, 4.69) is 29.9 Å². The van der Waals surface area contributed by atoms with Crippen LogP contribution in [0.5, 0.6) is 0 Å². The second-order valence-electron chi connectivity index (χ2n) is 5.70. The molecule has 1 saturated carbocycles. The Morgan fingerprint density at radius 1 is 1.28 bits per heavy atom. The molecule has 0 bridgehead atoms. The van der Waals surface area contributed by atoms with Crippen molar-refractivity contribution in [2.24, 2.45) is 5.92 Å². The van der Waals surface area contributed by atoms with Gasteiger partial charge >= 0.3 is 0 Å². The molecule has 102 valence electrons. The van der Waals surface area contributed by atoms with Crippen LogP contribution < -0.4 is 5.32 Å². The Morgan fingerprint density at radius 2 is 2.06 bits per heavy atom. The van der Waals surface area contributed by atoms with Gasteiger partial charge in [0.15, 0.2) is 0 Å². The first-order valence-corrected chi connectivity index (χ1v) is 8.51. The molecule has 1 heterocycles. The van der Waals surface area contributed by atoms with E-state index in [-0.39, 0.29) is 0 Å². The minimum Gasteiger partial charge on any atom is -0.310 e. The number of aryl methyl sites for hydroxylation is 1. The molecule has 0 aliphatic heterocycles. The lowest BCUT2D eigenvalue weighted by atomic mass is 9.84. The highest BCUT2D eigenvalue weighted by Crippen LogP contribution is 2.32. The molecule has 1 aromatic rings. The van der Waals surface area contributed by atoms with Crippen molar-refractivity contribution in [2.45, 2.75) is 64.8 Å². The second kappa shape index (κ2) is 7.30. The third-order valence-corrected chi connectivity index (χ3v) is 5.19. The summed E-state index contributed by atoms with van der Waals surface area (Å²) in [6, 6.07) is 0.586. The maximum Gasteiger partial charge on any atom is 0.0331 e. The Balaban J connectivity index is 1.88. The molecule has 1 aromatic heterocycles. The summed E-state index contributed by atoms with van der Waals surface area (Å²) >= 11 is 1.84. The van der Waals surface area contributed by atoms with E-state index < -0.39 is 0 Å². The van der Waals surface area contributed by atoms with Gasteiger partial charge in [0.05, 0.1) is 0 Å². The first-order valence-electron chi connectivity index (χ1n) is 7.57. The normalized spacial score (nSPS) is 19.0. The SMILES string of the molecule is CCNC(CCC1CCCCC1)c1cscc1C. The maximum absolute atomic E-state index is 3.67. The lowest BCUT2D eigenvalue weighted by Crippen LogP contribution is -2.22. The van der Waals surface area contributed by atoms with E-state index in [1.807, 2.05) is 11.3 Å². The number of thiophene rings is 1. The van der Waals surface area contributed by atoms with E-state index >= 15 is 0 Å². The van der Waals surface area contributed by atoms with Gasteiger partial charge in [-0.05, 0) is 54.1 Å². The molecule has 0 spiro atoms. The van der Waals surface area contributed by atoms with E-state index in [0.717, 1.165) is 12.5 Å². The minimum absolute atomic E-state index is 0.586. The van der Waals surface area contributed by atoms with Crippen molar-refractivity contribution in [3.63, 3.8) is 0 Å². The summed E-state index contributed by atoms with van der Waals surface area (Å²) in [6.45, 7) is 5.54. The van der Waals surface area contributed by atoms with Gasteiger partial charge in [0.25, 0.3) is 0 Å². The number of rotatable bonds is 6. The largest absolute Gasteiger partial charge is 0.310 e. The molecule has 0 radical (unpaired) electrons. The van der Waals surface area contributed by atoms with E-state index in [9.17, 15) is 0 Å². The molecule has 1 fully saturated rings. The molecule has 1 N–H and O–H groups in total. The van der Waals surface area contributed by atoms with Gasteiger partial charge in [-0.3, -0.25) is 0 Å². The maximum atomic E-state index is 3.67. The molecule has 1 unspecified atom stereocenters. The van der Waals surface area contributed by atoms with Gasteiger partial charge in [0.1, 0.15) is 0 Å². The standard InChI is InChI=1S/C16H27NS/c1-3-17-16(15-12-18-11-13(15)2)10-9-14-7-5-4-6-8-14/h11-12,14,16-17H,3-10H2,1-2H3. The van der Waals surface area contributed by atoms with Gasteiger partial charge in [-0.1, -0.05) is 39.0 Å². The van der Waals surface area contributed by atoms with Crippen LogP contribution in [-0.4, -0.2) is 6.54 Å². The molecule has 0 saturated heterocycles. The molecule has 0 aromatic carbocycles. The molecule has 2 rings (SSSR count). The minimum atomic E-state index is 0.586. The highest BCUT2D eigenvalue weighted by molar-refractivity contribution is 7.08. The van der Waals surface area contributed by atoms with Crippen molar-refractivity contribution in [3.05, 3.63) is 21.9 Å². The molecule has 1 atom stereocenters. The second-order valence-corrected chi connectivity index (χ2v) is 6.45. The zero-order valence-electron chi connectivity index (χ0n) is 11.9. The predicted octanol–water partition coefficient (Wildman–Crippen LogP) is 5.07. The van der Waals surface area contributed by atoms with Crippen LogP contribution in [-0.2, 0) is 0 Å². The predicted molar refractivity (Wildman–Crippen MR) is 81.3 cm³/mol. The average molecular weight is 265 g/mol. The van der Waals surface area contributed by atoms with Crippen LogP contribution in [0.3, 0.4) is 0 Å². The van der Waals surface area contributed by atoms with Crippen LogP contribution in [0.1, 0.15) is 69.0 Å². The molecule has 0 amide bonds. The fourth-order valence-corrected chi connectivity index (χ4v) is 4.12. The highest BCUT2D eigenvalue weighted by Gasteiger charge is 2.18. The Labute approximate surface area is 116 Å². The highest BCUT2D eigenvalue weighted by atomic mass is 32.1. The monoisotopic (exact) mass is 265 g/mol. The summed E-state index contributed by atoms with van der Waals surface area (Å²) in [5.41, 5.74) is 3.01. The van der Waals surface area contributed by atoms with Crippen molar-refractivity contribution in [1.29, 1.82) is 0 Å². The Kier molecular flexibility index (Phi) is 5.71. The van der Waals surface area contributed by atoms with E-state index in [0.29, 0.717) is 6.04 Å². The quantitative estimate of drug-likeness (QED) is 0.757. The Hall–Kier alpha value is -0.340. The van der Waals surface area contributed by atoms with Crippen molar-refractivity contribution in [3.8, 4) is 0 Å². The third-order valence-electron chi connectivity index (χ3n) is 4.31. The van der Waals surface area contributed by atoms with Crippen LogP contribution in [0.25, 0.3) is 0 Å². The van der Waals surface area contributed by atoms with E-state index in [1.165, 1.54) is 56.1 Å². The Bertz CT molecular complexity index is 339. The van der Waals surface area contributed by atoms with Gasteiger partial charge < -0.3 is 5.32 Å². The van der Waals surface area contributed by atoms with Crippen molar-refractivity contribution < 1.29 is 0 Å². The van der Waals surface area contributed by atoms with Crippen LogP contribution >= 0.6 is 11.3 Å². The lowest BCUT2D eigenvalue weighted by molar-refractivity contribution is 0.315. The third kappa shape index (κ3) is 3.83. The first kappa shape index (κ1) is 14.1. The molecular weight excluding hydrogens is 238 g/mol. The molecule has 18 heavy (non-hydrogen) atoms. The summed E-state index contributed by atoms with van der Waals surface area (Å²) in [6.07, 6.45) is 10.1. The molecule has 1 nitrogen and oxygen atoms in total. The fourth-order valence-electron chi connectivity index (χ4n) is 3.22. The number of hydrogen-bond donors (Lipinski definition) is 1. The zero-order valence-corrected chi connectivity index (χ0v) is 12.7. The van der Waals surface area contributed by atoms with Gasteiger partial charge in [0.2, 0.25) is 0 Å². The first-order chi connectivity index (χ1) is 8.81. The van der Waals surface area contributed by atoms with Crippen molar-refractivity contribution >= 4 is 11.3 Å². The molecule has 1 aliphatic carbocycles. The molecule has 1 aliphatic rings. The van der Waals surface area contributed by atoms with E-state index in [4.69, 9.17) is 0 Å². The van der Waals surface area contributed by atoms with Gasteiger partial charge in [0, 0.05) is 6.04 Å². The van der Waals surface area contributed by atoms with Crippen molar-refractivity contribution in [1.82, 2.24) is 5.32 Å². The molecule has 2 heteroatoms. The van der Waals surface area contributed by atoms with Crippen LogP contribution in [0.4, 0.5) is 0 Å². The average Bonchev–Trinajstić information content (AvgIpc) is 2.82. The fraction of sp³-hybridized carbons (Fsp3) is 0.750. The Morgan fingerprint density at radius 3 is 2.67 bits per heavy atom. The van der Waals surface area contributed by atoms with Gasteiger partial charge in [-0.15, -0.1) is 0 Å². The molecular formula is C16H27NS. The number of nitrogens with one attached hydrogen (secondary N) is 1. The van der Waals surface area contributed by atoms with E-state index in [1.54, 1.807) is 0 Å². The van der Waals surface area contributed by atoms with Gasteiger partial charge in [-0.25, -0.2) is 0 Å². The summed E-state index contributed by atoms with van der Waals surface area (Å²) in [7, 11) is 0. The van der Waals surface area contributed by atoms with Crippen molar-refractivity contribution in [2.75, 3.05) is 6.54 Å². The smallest absolute Gasteiger partial charge is 0.0331 e. The summed E-state index contributed by atoms with van der Waals surface area (Å²) in [4.78, 5) is 0. The lowest BCUT2D eigenvalue weighted by Gasteiger charge is -2.25. The van der Waals surface area contributed by atoms with Crippen LogP contribution in [0.15, 0.2) is 10.8 Å². The number of hydrogen-bond acceptors (Lipinski definition) is 2.